The number of benzene rings is 2. The SMILES string of the molecule is CCOc1ccccc1C1C[C@@H](O)c2ccccc2O1. The molecule has 0 radical (unpaired) electrons. The van der Waals surface area contributed by atoms with E-state index in [0.717, 1.165) is 22.6 Å². The molecule has 0 saturated carbocycles. The van der Waals surface area contributed by atoms with Crippen molar-refractivity contribution in [3.05, 3.63) is 59.7 Å². The van der Waals surface area contributed by atoms with Gasteiger partial charge in [-0.15, -0.1) is 0 Å². The average Bonchev–Trinajstić information content (AvgIpc) is 2.48. The van der Waals surface area contributed by atoms with E-state index in [1.165, 1.54) is 0 Å². The van der Waals surface area contributed by atoms with Crippen LogP contribution in [0.5, 0.6) is 11.5 Å². The zero-order chi connectivity index (χ0) is 13.9. The first kappa shape index (κ1) is 13.0. The number of hydrogen-bond acceptors (Lipinski definition) is 3. The van der Waals surface area contributed by atoms with Crippen LogP contribution in [0, 0.1) is 0 Å². The van der Waals surface area contributed by atoms with Gasteiger partial charge in [-0.1, -0.05) is 36.4 Å². The van der Waals surface area contributed by atoms with Crippen molar-refractivity contribution in [1.82, 2.24) is 0 Å². The summed E-state index contributed by atoms with van der Waals surface area (Å²) in [5.41, 5.74) is 1.85. The Labute approximate surface area is 118 Å². The van der Waals surface area contributed by atoms with Crippen LogP contribution < -0.4 is 9.47 Å². The standard InChI is InChI=1S/C17H18O3/c1-2-19-15-9-5-4-8-13(15)17-11-14(18)12-7-3-6-10-16(12)20-17/h3-10,14,17-18H,2,11H2,1H3/t14-,17?/m1/s1. The lowest BCUT2D eigenvalue weighted by Crippen LogP contribution is -2.19. The lowest BCUT2D eigenvalue weighted by molar-refractivity contribution is 0.0642. The predicted molar refractivity (Wildman–Crippen MR) is 77.0 cm³/mol. The fourth-order valence-electron chi connectivity index (χ4n) is 2.62. The number of aliphatic hydroxyl groups excluding tert-OH is 1. The molecular formula is C17H18O3. The summed E-state index contributed by atoms with van der Waals surface area (Å²) in [6.45, 7) is 2.57. The molecule has 3 heteroatoms. The van der Waals surface area contributed by atoms with E-state index in [9.17, 15) is 5.11 Å². The van der Waals surface area contributed by atoms with Gasteiger partial charge in [-0.25, -0.2) is 0 Å². The quantitative estimate of drug-likeness (QED) is 0.925. The van der Waals surface area contributed by atoms with Crippen molar-refractivity contribution in [1.29, 1.82) is 0 Å². The predicted octanol–water partition coefficient (Wildman–Crippen LogP) is 3.64. The molecule has 0 saturated heterocycles. The summed E-state index contributed by atoms with van der Waals surface area (Å²) in [7, 11) is 0. The highest BCUT2D eigenvalue weighted by atomic mass is 16.5. The normalized spacial score (nSPS) is 20.9. The summed E-state index contributed by atoms with van der Waals surface area (Å²) < 4.78 is 11.7. The molecule has 2 aromatic carbocycles. The molecule has 1 aliphatic rings. The molecule has 104 valence electrons. The second-order valence-corrected chi connectivity index (χ2v) is 4.87. The first-order valence-electron chi connectivity index (χ1n) is 6.95. The summed E-state index contributed by atoms with van der Waals surface area (Å²) in [6, 6.07) is 15.5. The summed E-state index contributed by atoms with van der Waals surface area (Å²) >= 11 is 0. The molecule has 3 rings (SSSR count). The molecular weight excluding hydrogens is 252 g/mol. The molecule has 0 amide bonds. The van der Waals surface area contributed by atoms with Gasteiger partial charge in [0.1, 0.15) is 17.6 Å². The van der Waals surface area contributed by atoms with Gasteiger partial charge in [0, 0.05) is 17.5 Å². The Bertz CT molecular complexity index is 594. The van der Waals surface area contributed by atoms with E-state index in [-0.39, 0.29) is 6.10 Å². The van der Waals surface area contributed by atoms with Crippen LogP contribution in [-0.2, 0) is 0 Å². The molecule has 0 bridgehead atoms. The van der Waals surface area contributed by atoms with Gasteiger partial charge in [-0.2, -0.15) is 0 Å². The third-order valence-corrected chi connectivity index (χ3v) is 3.55. The van der Waals surface area contributed by atoms with Crippen molar-refractivity contribution in [3.63, 3.8) is 0 Å². The topological polar surface area (TPSA) is 38.7 Å². The van der Waals surface area contributed by atoms with Gasteiger partial charge in [-0.05, 0) is 19.1 Å². The van der Waals surface area contributed by atoms with E-state index in [0.29, 0.717) is 13.0 Å². The third kappa shape index (κ3) is 2.37. The van der Waals surface area contributed by atoms with Crippen LogP contribution in [0.3, 0.4) is 0 Å². The van der Waals surface area contributed by atoms with Crippen LogP contribution in [-0.4, -0.2) is 11.7 Å². The number of fused-ring (bicyclic) bond motifs is 1. The summed E-state index contributed by atoms with van der Waals surface area (Å²) in [5.74, 6) is 1.58. The number of ether oxygens (including phenoxy) is 2. The molecule has 0 aliphatic carbocycles. The molecule has 0 aromatic heterocycles. The second-order valence-electron chi connectivity index (χ2n) is 4.87. The molecule has 0 fully saturated rings. The second kappa shape index (κ2) is 5.55. The Balaban J connectivity index is 1.94. The highest BCUT2D eigenvalue weighted by Gasteiger charge is 2.29. The summed E-state index contributed by atoms with van der Waals surface area (Å²) in [6.07, 6.45) is -0.136. The number of hydrogen-bond donors (Lipinski definition) is 1. The van der Waals surface area contributed by atoms with Crippen LogP contribution in [0.4, 0.5) is 0 Å². The zero-order valence-electron chi connectivity index (χ0n) is 11.5. The lowest BCUT2D eigenvalue weighted by Gasteiger charge is -2.30. The zero-order valence-corrected chi connectivity index (χ0v) is 11.5. The van der Waals surface area contributed by atoms with Crippen molar-refractivity contribution in [2.75, 3.05) is 6.61 Å². The van der Waals surface area contributed by atoms with Gasteiger partial charge in [0.15, 0.2) is 0 Å². The van der Waals surface area contributed by atoms with Crippen LogP contribution in [0.2, 0.25) is 0 Å². The van der Waals surface area contributed by atoms with E-state index < -0.39 is 6.10 Å². The highest BCUT2D eigenvalue weighted by molar-refractivity contribution is 5.41. The number of para-hydroxylation sites is 2. The van der Waals surface area contributed by atoms with Gasteiger partial charge < -0.3 is 14.6 Å². The molecule has 1 aliphatic heterocycles. The van der Waals surface area contributed by atoms with Crippen molar-refractivity contribution in [2.24, 2.45) is 0 Å². The number of aliphatic hydroxyl groups is 1. The van der Waals surface area contributed by atoms with Gasteiger partial charge in [0.2, 0.25) is 0 Å². The molecule has 1 N–H and O–H groups in total. The maximum absolute atomic E-state index is 10.3. The van der Waals surface area contributed by atoms with Crippen LogP contribution in [0.15, 0.2) is 48.5 Å². The average molecular weight is 270 g/mol. The first-order valence-corrected chi connectivity index (χ1v) is 6.95. The largest absolute Gasteiger partial charge is 0.493 e. The van der Waals surface area contributed by atoms with Gasteiger partial charge in [-0.3, -0.25) is 0 Å². The maximum Gasteiger partial charge on any atom is 0.130 e. The van der Waals surface area contributed by atoms with Crippen LogP contribution in [0.1, 0.15) is 36.7 Å². The van der Waals surface area contributed by atoms with Crippen LogP contribution in [0.25, 0.3) is 0 Å². The fourth-order valence-corrected chi connectivity index (χ4v) is 2.62. The Morgan fingerprint density at radius 2 is 1.80 bits per heavy atom. The molecule has 3 nitrogen and oxygen atoms in total. The van der Waals surface area contributed by atoms with E-state index >= 15 is 0 Å². The van der Waals surface area contributed by atoms with Gasteiger partial charge in [0.05, 0.1) is 12.7 Å². The smallest absolute Gasteiger partial charge is 0.130 e. The van der Waals surface area contributed by atoms with Crippen molar-refractivity contribution in [3.8, 4) is 11.5 Å². The molecule has 2 atom stereocenters. The molecule has 1 unspecified atom stereocenters. The molecule has 2 aromatic rings. The summed E-state index contributed by atoms with van der Waals surface area (Å²) in [5, 5.41) is 10.3. The maximum atomic E-state index is 10.3. The minimum absolute atomic E-state index is 0.178. The van der Waals surface area contributed by atoms with Crippen molar-refractivity contribution >= 4 is 0 Å². The van der Waals surface area contributed by atoms with Gasteiger partial charge in [0.25, 0.3) is 0 Å². The Kier molecular flexibility index (Phi) is 3.61. The minimum atomic E-state index is -0.500. The third-order valence-electron chi connectivity index (χ3n) is 3.55. The molecule has 0 spiro atoms. The monoisotopic (exact) mass is 270 g/mol. The Hall–Kier alpha value is -2.00. The highest BCUT2D eigenvalue weighted by Crippen LogP contribution is 2.42. The van der Waals surface area contributed by atoms with E-state index in [4.69, 9.17) is 9.47 Å². The van der Waals surface area contributed by atoms with Crippen molar-refractivity contribution < 1.29 is 14.6 Å². The molecule has 1 heterocycles. The lowest BCUT2D eigenvalue weighted by atomic mass is 9.94. The number of rotatable bonds is 3. The van der Waals surface area contributed by atoms with E-state index in [2.05, 4.69) is 0 Å². The van der Waals surface area contributed by atoms with Crippen molar-refractivity contribution in [2.45, 2.75) is 25.6 Å². The van der Waals surface area contributed by atoms with E-state index in [1.54, 1.807) is 0 Å². The van der Waals surface area contributed by atoms with Crippen LogP contribution >= 0.6 is 0 Å². The van der Waals surface area contributed by atoms with Gasteiger partial charge >= 0.3 is 0 Å². The Morgan fingerprint density at radius 3 is 2.60 bits per heavy atom. The Morgan fingerprint density at radius 1 is 1.10 bits per heavy atom. The first-order chi connectivity index (χ1) is 9.79. The van der Waals surface area contributed by atoms with E-state index in [1.807, 2.05) is 55.5 Å². The molecule has 20 heavy (non-hydrogen) atoms. The summed E-state index contributed by atoms with van der Waals surface area (Å²) in [4.78, 5) is 0. The minimum Gasteiger partial charge on any atom is -0.493 e. The fraction of sp³-hybridized carbons (Fsp3) is 0.294.